The van der Waals surface area contributed by atoms with Gasteiger partial charge in [-0.05, 0) is 36.2 Å². The molecular weight excluding hydrogens is 450 g/mol. The van der Waals surface area contributed by atoms with Crippen molar-refractivity contribution in [3.05, 3.63) is 101 Å². The molecule has 0 aliphatic heterocycles. The molecule has 7 nitrogen and oxygen atoms in total. The van der Waals surface area contributed by atoms with E-state index in [0.717, 1.165) is 47.5 Å². The van der Waals surface area contributed by atoms with Crippen molar-refractivity contribution in [1.82, 2.24) is 9.97 Å². The number of nitrogens with zero attached hydrogens (tertiary/aromatic N) is 2. The van der Waals surface area contributed by atoms with Gasteiger partial charge in [-0.2, -0.15) is 0 Å². The van der Waals surface area contributed by atoms with Gasteiger partial charge in [-0.1, -0.05) is 67.9 Å². The van der Waals surface area contributed by atoms with Crippen LogP contribution in [0.2, 0.25) is 0 Å². The molecule has 1 heterocycles. The summed E-state index contributed by atoms with van der Waals surface area (Å²) < 4.78 is 0. The zero-order valence-electron chi connectivity index (χ0n) is 20.2. The zero-order chi connectivity index (χ0) is 25.5. The van der Waals surface area contributed by atoms with Crippen LogP contribution in [0.25, 0.3) is 22.5 Å². The average molecular weight is 480 g/mol. The van der Waals surface area contributed by atoms with Crippen LogP contribution < -0.4 is 16.8 Å². The largest absolute Gasteiger partial charge is 0.368 e. The number of hydrogen-bond acceptors (Lipinski definition) is 5. The summed E-state index contributed by atoms with van der Waals surface area (Å²) in [4.78, 5) is 33.3. The lowest BCUT2D eigenvalue weighted by atomic mass is 10.0. The highest BCUT2D eigenvalue weighted by Crippen LogP contribution is 2.32. The highest BCUT2D eigenvalue weighted by Gasteiger charge is 2.18. The Hall–Kier alpha value is -4.52. The van der Waals surface area contributed by atoms with E-state index < -0.39 is 11.8 Å². The molecular formula is C29H29N5O2. The van der Waals surface area contributed by atoms with E-state index in [2.05, 4.69) is 24.4 Å². The van der Waals surface area contributed by atoms with Gasteiger partial charge in [0.05, 0.1) is 11.4 Å². The number of benzene rings is 3. The first-order valence-corrected chi connectivity index (χ1v) is 12.0. The fourth-order valence-electron chi connectivity index (χ4n) is 3.91. The number of nitrogens with two attached hydrogens (primary N) is 2. The second-order valence-electron chi connectivity index (χ2n) is 8.54. The number of aromatic nitrogens is 2. The summed E-state index contributed by atoms with van der Waals surface area (Å²) in [5.74, 6) is -0.302. The summed E-state index contributed by atoms with van der Waals surface area (Å²) in [7, 11) is 0. The van der Waals surface area contributed by atoms with E-state index in [1.807, 2.05) is 42.5 Å². The summed E-state index contributed by atoms with van der Waals surface area (Å²) in [6, 6.07) is 24.2. The smallest absolute Gasteiger partial charge is 0.248 e. The highest BCUT2D eigenvalue weighted by molar-refractivity contribution is 5.94. The van der Waals surface area contributed by atoms with E-state index in [1.165, 1.54) is 0 Å². The van der Waals surface area contributed by atoms with E-state index in [0.29, 0.717) is 29.1 Å². The Morgan fingerprint density at radius 2 is 1.31 bits per heavy atom. The minimum absolute atomic E-state index is 0.433. The number of rotatable bonds is 10. The lowest BCUT2D eigenvalue weighted by molar-refractivity contribution is 0.0992. The molecule has 0 aliphatic rings. The van der Waals surface area contributed by atoms with Crippen molar-refractivity contribution in [1.29, 1.82) is 0 Å². The van der Waals surface area contributed by atoms with Crippen LogP contribution in [0.15, 0.2) is 78.9 Å². The molecule has 4 aromatic rings. The molecule has 0 atom stereocenters. The third kappa shape index (κ3) is 5.75. The van der Waals surface area contributed by atoms with Crippen molar-refractivity contribution < 1.29 is 9.59 Å². The molecule has 0 radical (unpaired) electrons. The monoisotopic (exact) mass is 479 g/mol. The van der Waals surface area contributed by atoms with Gasteiger partial charge in [0.2, 0.25) is 11.8 Å². The van der Waals surface area contributed by atoms with Crippen LogP contribution >= 0.6 is 0 Å². The number of amides is 2. The summed E-state index contributed by atoms with van der Waals surface area (Å²) in [6.07, 6.45) is 2.59. The van der Waals surface area contributed by atoms with Crippen molar-refractivity contribution >= 4 is 17.6 Å². The Morgan fingerprint density at radius 3 is 1.83 bits per heavy atom. The number of carbonyl (C=O) groups excluding carboxylic acids is 2. The van der Waals surface area contributed by atoms with E-state index in [4.69, 9.17) is 21.4 Å². The third-order valence-corrected chi connectivity index (χ3v) is 5.89. The maximum absolute atomic E-state index is 11.6. The molecule has 36 heavy (non-hydrogen) atoms. The maximum Gasteiger partial charge on any atom is 0.248 e. The summed E-state index contributed by atoms with van der Waals surface area (Å²) in [6.45, 7) is 2.88. The minimum atomic E-state index is -0.478. The number of carbonyl (C=O) groups is 2. The lowest BCUT2D eigenvalue weighted by Crippen LogP contribution is -2.12. The van der Waals surface area contributed by atoms with Crippen LogP contribution in [-0.4, -0.2) is 28.3 Å². The molecule has 0 unspecified atom stereocenters. The first kappa shape index (κ1) is 24.6. The van der Waals surface area contributed by atoms with Gasteiger partial charge in [0.1, 0.15) is 5.69 Å². The molecule has 0 aliphatic carbocycles. The second-order valence-corrected chi connectivity index (χ2v) is 8.54. The first-order valence-electron chi connectivity index (χ1n) is 12.0. The molecule has 5 N–H and O–H groups in total. The van der Waals surface area contributed by atoms with E-state index >= 15 is 0 Å². The quantitative estimate of drug-likeness (QED) is 0.282. The number of primary amides is 2. The van der Waals surface area contributed by atoms with Gasteiger partial charge in [-0.3, -0.25) is 9.59 Å². The van der Waals surface area contributed by atoms with Gasteiger partial charge >= 0.3 is 0 Å². The number of nitrogens with one attached hydrogen (secondary N) is 1. The fraction of sp³-hybridized carbons (Fsp3) is 0.172. The summed E-state index contributed by atoms with van der Waals surface area (Å²) in [5.41, 5.74) is 16.7. The molecule has 0 spiro atoms. The van der Waals surface area contributed by atoms with Gasteiger partial charge in [0.25, 0.3) is 0 Å². The standard InChI is InChI=1S/C29H29N5O2/c1-2-3-17-32-29-26(21-11-15-23(16-12-21)28(31)36)33-24(18-19-7-5-4-6-8-19)25(34-29)20-9-13-22(14-10-20)27(30)35/h4-16H,2-3,17-18H2,1H3,(H2,30,35)(H2,31,36)(H,32,34). The van der Waals surface area contributed by atoms with Crippen molar-refractivity contribution in [2.75, 3.05) is 11.9 Å². The number of anilines is 1. The molecule has 0 saturated heterocycles. The molecule has 2 amide bonds. The number of hydrogen-bond donors (Lipinski definition) is 3. The van der Waals surface area contributed by atoms with E-state index in [-0.39, 0.29) is 0 Å². The molecule has 182 valence electrons. The molecule has 3 aromatic carbocycles. The Balaban J connectivity index is 1.86. The van der Waals surface area contributed by atoms with Crippen LogP contribution in [0.5, 0.6) is 0 Å². The normalized spacial score (nSPS) is 10.7. The molecule has 1 aromatic heterocycles. The SMILES string of the molecule is CCCCNc1nc(-c2ccc(C(N)=O)cc2)c(Cc2ccccc2)nc1-c1ccc(C(N)=O)cc1. The van der Waals surface area contributed by atoms with Gasteiger partial charge in [0, 0.05) is 35.2 Å². The zero-order valence-corrected chi connectivity index (χ0v) is 20.2. The molecule has 0 saturated carbocycles. The topological polar surface area (TPSA) is 124 Å². The van der Waals surface area contributed by atoms with Crippen molar-refractivity contribution in [3.63, 3.8) is 0 Å². The predicted octanol–water partition coefficient (Wildman–Crippen LogP) is 4.81. The predicted molar refractivity (Wildman–Crippen MR) is 143 cm³/mol. The van der Waals surface area contributed by atoms with Gasteiger partial charge in [0.15, 0.2) is 5.82 Å². The van der Waals surface area contributed by atoms with Crippen LogP contribution in [0.4, 0.5) is 5.82 Å². The average Bonchev–Trinajstić information content (AvgIpc) is 2.90. The summed E-state index contributed by atoms with van der Waals surface area (Å²) in [5, 5.41) is 3.44. The Labute approximate surface area is 210 Å². The van der Waals surface area contributed by atoms with Gasteiger partial charge < -0.3 is 16.8 Å². The highest BCUT2D eigenvalue weighted by atomic mass is 16.1. The first-order chi connectivity index (χ1) is 17.5. The molecule has 4 rings (SSSR count). The maximum atomic E-state index is 11.6. The van der Waals surface area contributed by atoms with Crippen LogP contribution in [0.3, 0.4) is 0 Å². The molecule has 0 fully saturated rings. The molecule has 0 bridgehead atoms. The Bertz CT molecular complexity index is 1350. The van der Waals surface area contributed by atoms with Crippen molar-refractivity contribution in [3.8, 4) is 22.5 Å². The Morgan fingerprint density at radius 1 is 0.750 bits per heavy atom. The van der Waals surface area contributed by atoms with Crippen LogP contribution in [-0.2, 0) is 6.42 Å². The minimum Gasteiger partial charge on any atom is -0.368 e. The van der Waals surface area contributed by atoms with Crippen LogP contribution in [0.1, 0.15) is 51.7 Å². The second kappa shape index (κ2) is 11.3. The van der Waals surface area contributed by atoms with Crippen molar-refractivity contribution in [2.24, 2.45) is 11.5 Å². The Kier molecular flexibility index (Phi) is 7.70. The lowest BCUT2D eigenvalue weighted by Gasteiger charge is -2.17. The van der Waals surface area contributed by atoms with Gasteiger partial charge in [-0.15, -0.1) is 0 Å². The van der Waals surface area contributed by atoms with E-state index in [1.54, 1.807) is 24.3 Å². The summed E-state index contributed by atoms with van der Waals surface area (Å²) >= 11 is 0. The van der Waals surface area contributed by atoms with Crippen LogP contribution in [0, 0.1) is 0 Å². The number of unbranched alkanes of at least 4 members (excludes halogenated alkanes) is 1. The van der Waals surface area contributed by atoms with E-state index in [9.17, 15) is 9.59 Å². The third-order valence-electron chi connectivity index (χ3n) is 5.89. The fourth-order valence-corrected chi connectivity index (χ4v) is 3.91. The molecule has 7 heteroatoms. The van der Waals surface area contributed by atoms with Gasteiger partial charge in [-0.25, -0.2) is 9.97 Å². The van der Waals surface area contributed by atoms with Crippen molar-refractivity contribution in [2.45, 2.75) is 26.2 Å².